The molecule has 2 aliphatic rings. The molecule has 38 heavy (non-hydrogen) atoms. The number of benzene rings is 1. The molecule has 1 atom stereocenters. The second-order valence-electron chi connectivity index (χ2n) is 10.5. The van der Waals surface area contributed by atoms with Crippen LogP contribution in [0, 0.1) is 12.8 Å². The summed E-state index contributed by atoms with van der Waals surface area (Å²) in [6, 6.07) is 7.93. The minimum atomic E-state index is -0.670. The predicted molar refractivity (Wildman–Crippen MR) is 142 cm³/mol. The van der Waals surface area contributed by atoms with Gasteiger partial charge in [-0.1, -0.05) is 38.2 Å². The number of fused-ring (bicyclic) bond motifs is 1. The van der Waals surface area contributed by atoms with Crippen molar-refractivity contribution in [3.63, 3.8) is 0 Å². The molecule has 2 aromatic heterocycles. The molecule has 5 rings (SSSR count). The number of hydrogen-bond donors (Lipinski definition) is 2. The van der Waals surface area contributed by atoms with Gasteiger partial charge in [0.15, 0.2) is 12.2 Å². The van der Waals surface area contributed by atoms with Crippen molar-refractivity contribution in [3.05, 3.63) is 71.0 Å². The molecule has 9 nitrogen and oxygen atoms in total. The summed E-state index contributed by atoms with van der Waals surface area (Å²) in [4.78, 5) is 27.5. The van der Waals surface area contributed by atoms with E-state index in [1.54, 1.807) is 6.07 Å². The van der Waals surface area contributed by atoms with Gasteiger partial charge in [-0.15, -0.1) is 0 Å². The molecule has 0 radical (unpaired) electrons. The summed E-state index contributed by atoms with van der Waals surface area (Å²) in [5.41, 5.74) is 4.60. The van der Waals surface area contributed by atoms with Crippen molar-refractivity contribution in [2.24, 2.45) is 5.92 Å². The molecule has 0 spiro atoms. The molecular weight excluding hydrogens is 482 g/mol. The Morgan fingerprint density at radius 3 is 2.87 bits per heavy atom. The Morgan fingerprint density at radius 2 is 2.05 bits per heavy atom. The molecule has 0 bridgehead atoms. The van der Waals surface area contributed by atoms with Crippen LogP contribution in [0.1, 0.15) is 70.9 Å². The smallest absolute Gasteiger partial charge is 0.270 e. The van der Waals surface area contributed by atoms with Gasteiger partial charge >= 0.3 is 0 Å². The normalized spacial score (nSPS) is 17.1. The van der Waals surface area contributed by atoms with E-state index in [1.807, 2.05) is 13.0 Å². The number of oxazole rings is 1. The molecule has 3 heterocycles. The van der Waals surface area contributed by atoms with Gasteiger partial charge in [-0.2, -0.15) is 0 Å². The highest BCUT2D eigenvalue weighted by atomic mass is 16.5. The van der Waals surface area contributed by atoms with E-state index in [4.69, 9.17) is 9.15 Å². The Morgan fingerprint density at radius 1 is 1.18 bits per heavy atom. The van der Waals surface area contributed by atoms with Crippen molar-refractivity contribution in [2.45, 2.75) is 71.1 Å². The molecular formula is C29H37N5O4. The molecule has 1 aliphatic carbocycles. The number of β-amino-alcohol motifs (C(OH)–C–C–N with tert-alkyl or cyclic N) is 1. The lowest BCUT2D eigenvalue weighted by Crippen LogP contribution is -2.42. The van der Waals surface area contributed by atoms with Gasteiger partial charge in [0.05, 0.1) is 11.8 Å². The van der Waals surface area contributed by atoms with E-state index in [0.29, 0.717) is 24.8 Å². The van der Waals surface area contributed by atoms with Crippen molar-refractivity contribution in [2.75, 3.05) is 19.6 Å². The Bertz CT molecular complexity index is 1220. The molecule has 1 aliphatic heterocycles. The molecule has 1 aromatic carbocycles. The van der Waals surface area contributed by atoms with Crippen LogP contribution in [0.5, 0.6) is 5.75 Å². The summed E-state index contributed by atoms with van der Waals surface area (Å²) < 4.78 is 11.2. The van der Waals surface area contributed by atoms with Crippen molar-refractivity contribution < 1.29 is 19.1 Å². The van der Waals surface area contributed by atoms with Gasteiger partial charge in [-0.25, -0.2) is 15.0 Å². The Hall–Kier alpha value is -3.30. The third kappa shape index (κ3) is 6.96. The zero-order valence-corrected chi connectivity index (χ0v) is 22.1. The maximum absolute atomic E-state index is 12.7. The van der Waals surface area contributed by atoms with Crippen LogP contribution in [-0.2, 0) is 26.0 Å². The van der Waals surface area contributed by atoms with Gasteiger partial charge in [0.2, 0.25) is 0 Å². The number of aromatic nitrogens is 3. The van der Waals surface area contributed by atoms with E-state index < -0.39 is 6.10 Å². The molecule has 9 heteroatoms. The highest BCUT2D eigenvalue weighted by Crippen LogP contribution is 2.27. The highest BCUT2D eigenvalue weighted by Gasteiger charge is 2.21. The number of carbonyl (C=O) groups is 1. The van der Waals surface area contributed by atoms with Crippen LogP contribution in [0.2, 0.25) is 0 Å². The number of aliphatic hydroxyl groups is 1. The van der Waals surface area contributed by atoms with Crippen LogP contribution in [-0.4, -0.2) is 56.6 Å². The number of rotatable bonds is 10. The Labute approximate surface area is 223 Å². The van der Waals surface area contributed by atoms with E-state index in [0.717, 1.165) is 48.8 Å². The molecule has 202 valence electrons. The summed E-state index contributed by atoms with van der Waals surface area (Å²) >= 11 is 0. The maximum atomic E-state index is 12.7. The third-order valence-corrected chi connectivity index (χ3v) is 7.63. The summed E-state index contributed by atoms with van der Waals surface area (Å²) in [7, 11) is 0. The van der Waals surface area contributed by atoms with E-state index >= 15 is 0 Å². The monoisotopic (exact) mass is 519 g/mol. The lowest BCUT2D eigenvalue weighted by Gasteiger charge is -2.30. The molecule has 0 saturated heterocycles. The lowest BCUT2D eigenvalue weighted by molar-refractivity contribution is 0.0837. The fourth-order valence-electron chi connectivity index (χ4n) is 5.43. The van der Waals surface area contributed by atoms with Crippen LogP contribution in [0.15, 0.2) is 41.4 Å². The van der Waals surface area contributed by atoms with Crippen molar-refractivity contribution in [3.8, 4) is 5.75 Å². The van der Waals surface area contributed by atoms with Crippen LogP contribution in [0.25, 0.3) is 0 Å². The number of ether oxygens (including phenoxy) is 1. The average molecular weight is 520 g/mol. The molecule has 0 unspecified atom stereocenters. The first-order valence-corrected chi connectivity index (χ1v) is 13.7. The van der Waals surface area contributed by atoms with E-state index in [2.05, 4.69) is 37.3 Å². The third-order valence-electron chi connectivity index (χ3n) is 7.63. The second kappa shape index (κ2) is 12.5. The standard InChI is InChI=1S/C29H37N5O4/c1-20-28(38-19-33-20)17-37-26-8-7-23-15-34(10-9-22(23)12-26)16-25(35)14-30-29(36)27-13-24(31-18-32-27)11-21-5-3-2-4-6-21/h7-8,12-13,18-19,21,25,35H,2-6,9-11,14-17H2,1H3,(H,30,36)/t25-/m0/s1. The Kier molecular flexibility index (Phi) is 8.65. The first kappa shape index (κ1) is 26.3. The summed E-state index contributed by atoms with van der Waals surface area (Å²) in [5.74, 6) is 1.92. The summed E-state index contributed by atoms with van der Waals surface area (Å²) in [5, 5.41) is 13.5. The van der Waals surface area contributed by atoms with Crippen LogP contribution in [0.3, 0.4) is 0 Å². The number of nitrogens with zero attached hydrogens (tertiary/aromatic N) is 4. The van der Waals surface area contributed by atoms with Crippen molar-refractivity contribution >= 4 is 5.91 Å². The van der Waals surface area contributed by atoms with Gasteiger partial charge in [-0.05, 0) is 55.0 Å². The fraction of sp³-hybridized carbons (Fsp3) is 0.517. The SMILES string of the molecule is Cc1ncoc1COc1ccc2c(c1)CCN(C[C@@H](O)CNC(=O)c1cc(CC3CCCCC3)ncn1)C2. The largest absolute Gasteiger partial charge is 0.486 e. The summed E-state index contributed by atoms with van der Waals surface area (Å²) in [6.07, 6.45) is 10.4. The number of nitrogens with one attached hydrogen (secondary N) is 1. The van der Waals surface area contributed by atoms with Gasteiger partial charge in [-0.3, -0.25) is 9.69 Å². The quantitative estimate of drug-likeness (QED) is 0.418. The van der Waals surface area contributed by atoms with Gasteiger partial charge in [0.25, 0.3) is 5.91 Å². The number of carbonyl (C=O) groups excluding carboxylic acids is 1. The number of aryl methyl sites for hydroxylation is 1. The van der Waals surface area contributed by atoms with Gasteiger partial charge < -0.3 is 19.6 Å². The van der Waals surface area contributed by atoms with Crippen LogP contribution < -0.4 is 10.1 Å². The van der Waals surface area contributed by atoms with E-state index in [9.17, 15) is 9.90 Å². The zero-order chi connectivity index (χ0) is 26.3. The van der Waals surface area contributed by atoms with E-state index in [1.165, 1.54) is 56.0 Å². The first-order valence-electron chi connectivity index (χ1n) is 13.7. The fourth-order valence-corrected chi connectivity index (χ4v) is 5.43. The first-order chi connectivity index (χ1) is 18.5. The van der Waals surface area contributed by atoms with Gasteiger partial charge in [0.1, 0.15) is 24.4 Å². The van der Waals surface area contributed by atoms with Crippen molar-refractivity contribution in [1.82, 2.24) is 25.2 Å². The molecule has 3 aromatic rings. The maximum Gasteiger partial charge on any atom is 0.270 e. The molecule has 1 saturated carbocycles. The molecule has 1 amide bonds. The second-order valence-corrected chi connectivity index (χ2v) is 10.5. The molecule has 1 fully saturated rings. The van der Waals surface area contributed by atoms with E-state index in [-0.39, 0.29) is 12.5 Å². The zero-order valence-electron chi connectivity index (χ0n) is 22.1. The predicted octanol–water partition coefficient (Wildman–Crippen LogP) is 3.62. The Balaban J connectivity index is 1.07. The van der Waals surface area contributed by atoms with Gasteiger partial charge in [0, 0.05) is 31.9 Å². The average Bonchev–Trinajstić information content (AvgIpc) is 3.35. The summed E-state index contributed by atoms with van der Waals surface area (Å²) in [6.45, 7) is 4.49. The number of hydrogen-bond acceptors (Lipinski definition) is 8. The topological polar surface area (TPSA) is 114 Å². The lowest BCUT2D eigenvalue weighted by atomic mass is 9.86. The number of aliphatic hydroxyl groups excluding tert-OH is 1. The van der Waals surface area contributed by atoms with Crippen molar-refractivity contribution in [1.29, 1.82) is 0 Å². The molecule has 2 N–H and O–H groups in total. The van der Waals surface area contributed by atoms with Crippen LogP contribution in [0.4, 0.5) is 0 Å². The number of amides is 1. The minimum Gasteiger partial charge on any atom is -0.486 e. The van der Waals surface area contributed by atoms with Crippen LogP contribution >= 0.6 is 0 Å². The highest BCUT2D eigenvalue weighted by molar-refractivity contribution is 5.92. The minimum absolute atomic E-state index is 0.179.